The van der Waals surface area contributed by atoms with Gasteiger partial charge in [0.2, 0.25) is 0 Å². The van der Waals surface area contributed by atoms with Gasteiger partial charge in [0.15, 0.2) is 5.82 Å². The van der Waals surface area contributed by atoms with E-state index >= 15 is 0 Å². The van der Waals surface area contributed by atoms with E-state index in [9.17, 15) is 9.18 Å². The van der Waals surface area contributed by atoms with E-state index in [2.05, 4.69) is 10.4 Å². The third-order valence-corrected chi connectivity index (χ3v) is 2.49. The topological polar surface area (TPSA) is 70.7 Å². The van der Waals surface area contributed by atoms with Gasteiger partial charge in [0.1, 0.15) is 17.4 Å². The molecule has 0 bridgehead atoms. The number of amides is 1. The highest BCUT2D eigenvalue weighted by molar-refractivity contribution is 6.04. The Balaban J connectivity index is 2.28. The van der Waals surface area contributed by atoms with Crippen LogP contribution < -0.4 is 5.32 Å². The molecular weight excluding hydrogens is 247 g/mol. The summed E-state index contributed by atoms with van der Waals surface area (Å²) >= 11 is 0. The molecule has 1 aromatic carbocycles. The lowest BCUT2D eigenvalue weighted by molar-refractivity contribution is 0.102. The van der Waals surface area contributed by atoms with Gasteiger partial charge in [0.05, 0.1) is 0 Å². The monoisotopic (exact) mass is 258 g/mol. The summed E-state index contributed by atoms with van der Waals surface area (Å²) in [6, 6.07) is 5.95. The van der Waals surface area contributed by atoms with E-state index in [1.807, 2.05) is 6.07 Å². The van der Waals surface area contributed by atoms with E-state index in [-0.39, 0.29) is 16.9 Å². The molecule has 0 spiro atoms. The summed E-state index contributed by atoms with van der Waals surface area (Å²) < 4.78 is 14.6. The van der Waals surface area contributed by atoms with Gasteiger partial charge in [-0.3, -0.25) is 9.48 Å². The Morgan fingerprint density at radius 3 is 2.84 bits per heavy atom. The average Bonchev–Trinajstić information content (AvgIpc) is 2.68. The molecule has 0 unspecified atom stereocenters. The van der Waals surface area contributed by atoms with Crippen LogP contribution in [0.3, 0.4) is 0 Å². The van der Waals surface area contributed by atoms with Crippen LogP contribution in [0.5, 0.6) is 0 Å². The fourth-order valence-electron chi connectivity index (χ4n) is 1.71. The maximum absolute atomic E-state index is 13.2. The molecule has 6 heteroatoms. The number of hydrogen-bond acceptors (Lipinski definition) is 3. The number of carbonyl (C=O) groups is 1. The number of halogens is 1. The minimum atomic E-state index is -0.502. The highest BCUT2D eigenvalue weighted by Gasteiger charge is 2.13. The van der Waals surface area contributed by atoms with Crippen LogP contribution in [0.1, 0.15) is 21.5 Å². The molecular formula is C13H11FN4O. The van der Waals surface area contributed by atoms with E-state index in [4.69, 9.17) is 5.26 Å². The normalized spacial score (nSPS) is 10.0. The Morgan fingerprint density at radius 2 is 2.21 bits per heavy atom. The van der Waals surface area contributed by atoms with Crippen LogP contribution in [0.25, 0.3) is 0 Å². The van der Waals surface area contributed by atoms with E-state index in [1.165, 1.54) is 16.9 Å². The Bertz CT molecular complexity index is 664. The summed E-state index contributed by atoms with van der Waals surface area (Å²) in [4.78, 5) is 12.0. The number of benzene rings is 1. The molecule has 0 aliphatic carbocycles. The Morgan fingerprint density at radius 1 is 1.47 bits per heavy atom. The molecule has 1 heterocycles. The van der Waals surface area contributed by atoms with Gasteiger partial charge in [0, 0.05) is 18.8 Å². The molecule has 2 rings (SSSR count). The third kappa shape index (κ3) is 2.77. The number of carbonyl (C=O) groups excluding carboxylic acids is 1. The summed E-state index contributed by atoms with van der Waals surface area (Å²) in [7, 11) is 1.64. The molecule has 1 N–H and O–H groups in total. The van der Waals surface area contributed by atoms with Crippen molar-refractivity contribution in [2.24, 2.45) is 7.05 Å². The molecule has 2 aromatic rings. The standard InChI is InChI=1S/C13H11FN4O/c1-8-3-9(5-11(14)4-8)13(19)16-12-10(6-15)7-18(2)17-12/h3-5,7H,1-2H3,(H,16,17,19). The highest BCUT2D eigenvalue weighted by Crippen LogP contribution is 2.14. The summed E-state index contributed by atoms with van der Waals surface area (Å²) in [6.45, 7) is 1.70. The van der Waals surface area contributed by atoms with Crippen molar-refractivity contribution >= 4 is 11.7 Å². The first-order chi connectivity index (χ1) is 8.99. The summed E-state index contributed by atoms with van der Waals surface area (Å²) in [5, 5.41) is 15.3. The second-order valence-electron chi connectivity index (χ2n) is 4.15. The molecule has 5 nitrogen and oxygen atoms in total. The van der Waals surface area contributed by atoms with Crippen LogP contribution in [0.15, 0.2) is 24.4 Å². The zero-order chi connectivity index (χ0) is 14.0. The van der Waals surface area contributed by atoms with Gasteiger partial charge in [-0.25, -0.2) is 4.39 Å². The van der Waals surface area contributed by atoms with Crippen LogP contribution in [-0.2, 0) is 7.05 Å². The number of nitrogens with zero attached hydrogens (tertiary/aromatic N) is 3. The van der Waals surface area contributed by atoms with Crippen molar-refractivity contribution in [2.45, 2.75) is 6.92 Å². The molecule has 1 aromatic heterocycles. The van der Waals surface area contributed by atoms with Crippen molar-refractivity contribution in [1.29, 1.82) is 5.26 Å². The first-order valence-corrected chi connectivity index (χ1v) is 5.52. The van der Waals surface area contributed by atoms with Crippen LogP contribution in [-0.4, -0.2) is 15.7 Å². The lowest BCUT2D eigenvalue weighted by Crippen LogP contribution is -2.13. The number of rotatable bonds is 2. The molecule has 0 radical (unpaired) electrons. The Labute approximate surface area is 109 Å². The summed E-state index contributed by atoms with van der Waals surface area (Å²) in [5.41, 5.74) is 1.09. The van der Waals surface area contributed by atoms with E-state index in [1.54, 1.807) is 20.0 Å². The van der Waals surface area contributed by atoms with E-state index in [0.29, 0.717) is 5.56 Å². The minimum absolute atomic E-state index is 0.164. The third-order valence-electron chi connectivity index (χ3n) is 2.49. The largest absolute Gasteiger partial charge is 0.304 e. The van der Waals surface area contributed by atoms with Crippen molar-refractivity contribution in [3.8, 4) is 6.07 Å². The molecule has 0 saturated carbocycles. The smallest absolute Gasteiger partial charge is 0.257 e. The maximum Gasteiger partial charge on any atom is 0.257 e. The number of nitriles is 1. The summed E-state index contributed by atoms with van der Waals surface area (Å²) in [6.07, 6.45) is 1.49. The molecule has 0 aliphatic heterocycles. The molecule has 0 atom stereocenters. The van der Waals surface area contributed by atoms with E-state index < -0.39 is 11.7 Å². The van der Waals surface area contributed by atoms with Crippen LogP contribution in [0, 0.1) is 24.1 Å². The van der Waals surface area contributed by atoms with Crippen molar-refractivity contribution < 1.29 is 9.18 Å². The predicted molar refractivity (Wildman–Crippen MR) is 67.0 cm³/mol. The maximum atomic E-state index is 13.2. The van der Waals surface area contributed by atoms with Gasteiger partial charge in [-0.2, -0.15) is 10.4 Å². The van der Waals surface area contributed by atoms with Crippen molar-refractivity contribution in [1.82, 2.24) is 9.78 Å². The average molecular weight is 258 g/mol. The fourth-order valence-corrected chi connectivity index (χ4v) is 1.71. The predicted octanol–water partition coefficient (Wildman–Crippen LogP) is 1.99. The number of nitrogens with one attached hydrogen (secondary N) is 1. The lowest BCUT2D eigenvalue weighted by Gasteiger charge is -2.04. The van der Waals surface area contributed by atoms with Crippen molar-refractivity contribution in [3.63, 3.8) is 0 Å². The fraction of sp³-hybridized carbons (Fsp3) is 0.154. The molecule has 19 heavy (non-hydrogen) atoms. The van der Waals surface area contributed by atoms with Gasteiger partial charge in [0.25, 0.3) is 5.91 Å². The van der Waals surface area contributed by atoms with Gasteiger partial charge in [-0.15, -0.1) is 0 Å². The first kappa shape index (κ1) is 12.8. The number of anilines is 1. The van der Waals surface area contributed by atoms with Crippen LogP contribution >= 0.6 is 0 Å². The highest BCUT2D eigenvalue weighted by atomic mass is 19.1. The van der Waals surface area contributed by atoms with Gasteiger partial charge >= 0.3 is 0 Å². The number of aryl methyl sites for hydroxylation is 2. The number of hydrogen-bond donors (Lipinski definition) is 1. The van der Waals surface area contributed by atoms with Crippen molar-refractivity contribution in [3.05, 3.63) is 46.9 Å². The Kier molecular flexibility index (Phi) is 3.29. The van der Waals surface area contributed by atoms with Gasteiger partial charge in [-0.1, -0.05) is 0 Å². The van der Waals surface area contributed by atoms with Crippen LogP contribution in [0.4, 0.5) is 10.2 Å². The first-order valence-electron chi connectivity index (χ1n) is 5.52. The quantitative estimate of drug-likeness (QED) is 0.895. The molecule has 0 saturated heterocycles. The molecule has 96 valence electrons. The zero-order valence-electron chi connectivity index (χ0n) is 10.4. The molecule has 0 fully saturated rings. The second kappa shape index (κ2) is 4.90. The summed E-state index contributed by atoms with van der Waals surface area (Å²) in [5.74, 6) is -0.818. The van der Waals surface area contributed by atoms with Gasteiger partial charge < -0.3 is 5.32 Å². The molecule has 1 amide bonds. The van der Waals surface area contributed by atoms with Crippen LogP contribution in [0.2, 0.25) is 0 Å². The molecule has 0 aliphatic rings. The Hall–Kier alpha value is -2.68. The second-order valence-corrected chi connectivity index (χ2v) is 4.15. The van der Waals surface area contributed by atoms with Crippen molar-refractivity contribution in [2.75, 3.05) is 5.32 Å². The zero-order valence-corrected chi connectivity index (χ0v) is 10.4. The number of aromatic nitrogens is 2. The van der Waals surface area contributed by atoms with Gasteiger partial charge in [-0.05, 0) is 30.7 Å². The lowest BCUT2D eigenvalue weighted by atomic mass is 10.1. The van der Waals surface area contributed by atoms with E-state index in [0.717, 1.165) is 6.07 Å². The SMILES string of the molecule is Cc1cc(F)cc(C(=O)Nc2nn(C)cc2C#N)c1. The minimum Gasteiger partial charge on any atom is -0.304 e.